The molecule has 0 unspecified atom stereocenters. The van der Waals surface area contributed by atoms with Gasteiger partial charge in [0.25, 0.3) is 6.43 Å². The molecule has 0 aromatic heterocycles. The summed E-state index contributed by atoms with van der Waals surface area (Å²) in [7, 11) is 1.80. The molecule has 0 aromatic carbocycles. The van der Waals surface area contributed by atoms with E-state index in [1.54, 1.807) is 11.9 Å². The minimum atomic E-state index is -2.22. The third kappa shape index (κ3) is 4.03. The predicted molar refractivity (Wildman–Crippen MR) is 58.3 cm³/mol. The van der Waals surface area contributed by atoms with Crippen molar-refractivity contribution in [3.63, 3.8) is 0 Å². The first-order valence-corrected chi connectivity index (χ1v) is 5.75. The standard InChI is InChI=1S/C11H22F2N2/c1-3-11(4-6-14-7-5-11)9-15(2)8-10(12)13/h10,14H,3-9H2,1-2H3. The molecule has 0 radical (unpaired) electrons. The van der Waals surface area contributed by atoms with Crippen LogP contribution in [-0.4, -0.2) is 44.6 Å². The number of hydrogen-bond donors (Lipinski definition) is 1. The summed E-state index contributed by atoms with van der Waals surface area (Å²) in [6, 6.07) is 0. The molecule has 15 heavy (non-hydrogen) atoms. The largest absolute Gasteiger partial charge is 0.317 e. The number of hydrogen-bond acceptors (Lipinski definition) is 2. The van der Waals surface area contributed by atoms with Gasteiger partial charge in [0.05, 0.1) is 6.54 Å². The molecule has 0 aromatic rings. The van der Waals surface area contributed by atoms with Crippen molar-refractivity contribution in [3.05, 3.63) is 0 Å². The maximum atomic E-state index is 12.2. The van der Waals surface area contributed by atoms with E-state index in [4.69, 9.17) is 0 Å². The molecule has 1 rings (SSSR count). The molecule has 0 atom stereocenters. The highest BCUT2D eigenvalue weighted by atomic mass is 19.3. The molecule has 0 amide bonds. The second-order valence-electron chi connectivity index (χ2n) is 4.69. The summed E-state index contributed by atoms with van der Waals surface area (Å²) in [5.74, 6) is 0. The van der Waals surface area contributed by atoms with Crippen LogP contribution >= 0.6 is 0 Å². The smallest absolute Gasteiger partial charge is 0.251 e. The van der Waals surface area contributed by atoms with Gasteiger partial charge in [-0.25, -0.2) is 8.78 Å². The zero-order valence-electron chi connectivity index (χ0n) is 9.73. The van der Waals surface area contributed by atoms with E-state index in [0.717, 1.165) is 38.9 Å². The van der Waals surface area contributed by atoms with Gasteiger partial charge in [-0.15, -0.1) is 0 Å². The quantitative estimate of drug-likeness (QED) is 0.762. The van der Waals surface area contributed by atoms with Crippen LogP contribution in [0.4, 0.5) is 8.78 Å². The monoisotopic (exact) mass is 220 g/mol. The topological polar surface area (TPSA) is 15.3 Å². The highest BCUT2D eigenvalue weighted by Gasteiger charge is 2.31. The molecule has 1 aliphatic rings. The Balaban J connectivity index is 2.43. The Kier molecular flexibility index (Phi) is 4.93. The average Bonchev–Trinajstić information content (AvgIpc) is 2.17. The molecule has 4 heteroatoms. The summed E-state index contributed by atoms with van der Waals surface area (Å²) in [6.07, 6.45) is 1.08. The zero-order chi connectivity index (χ0) is 11.3. The zero-order valence-corrected chi connectivity index (χ0v) is 9.73. The Labute approximate surface area is 91.0 Å². The van der Waals surface area contributed by atoms with E-state index < -0.39 is 6.43 Å². The third-order valence-electron chi connectivity index (χ3n) is 3.47. The van der Waals surface area contributed by atoms with Crippen molar-refractivity contribution >= 4 is 0 Å². The molecule has 0 spiro atoms. The molecule has 90 valence electrons. The summed E-state index contributed by atoms with van der Waals surface area (Å²) in [4.78, 5) is 1.78. The van der Waals surface area contributed by atoms with E-state index in [9.17, 15) is 8.78 Å². The van der Waals surface area contributed by atoms with Gasteiger partial charge in [-0.05, 0) is 44.8 Å². The molecule has 1 saturated heterocycles. The number of nitrogens with one attached hydrogen (secondary N) is 1. The summed E-state index contributed by atoms with van der Waals surface area (Å²) in [6.45, 7) is 4.92. The lowest BCUT2D eigenvalue weighted by Gasteiger charge is -2.39. The lowest BCUT2D eigenvalue weighted by molar-refractivity contribution is 0.0614. The third-order valence-corrected chi connectivity index (χ3v) is 3.47. The second-order valence-corrected chi connectivity index (χ2v) is 4.69. The van der Waals surface area contributed by atoms with Gasteiger partial charge in [0.1, 0.15) is 0 Å². The van der Waals surface area contributed by atoms with Gasteiger partial charge < -0.3 is 10.2 Å². The van der Waals surface area contributed by atoms with Gasteiger partial charge >= 0.3 is 0 Å². The fourth-order valence-electron chi connectivity index (χ4n) is 2.45. The Hall–Kier alpha value is -0.220. The maximum absolute atomic E-state index is 12.2. The number of halogens is 2. The lowest BCUT2D eigenvalue weighted by atomic mass is 9.76. The Morgan fingerprint density at radius 2 is 1.93 bits per heavy atom. The molecule has 2 nitrogen and oxygen atoms in total. The van der Waals surface area contributed by atoms with Gasteiger partial charge in [-0.1, -0.05) is 6.92 Å². The van der Waals surface area contributed by atoms with Crippen LogP contribution in [0, 0.1) is 5.41 Å². The molecule has 1 N–H and O–H groups in total. The predicted octanol–water partition coefficient (Wildman–Crippen LogP) is 1.96. The van der Waals surface area contributed by atoms with Crippen LogP contribution in [0.25, 0.3) is 0 Å². The minimum absolute atomic E-state index is 0.102. The molecular weight excluding hydrogens is 198 g/mol. The van der Waals surface area contributed by atoms with Crippen LogP contribution < -0.4 is 5.32 Å². The summed E-state index contributed by atoms with van der Waals surface area (Å²) >= 11 is 0. The lowest BCUT2D eigenvalue weighted by Crippen LogP contribution is -2.44. The number of alkyl halides is 2. The van der Waals surface area contributed by atoms with E-state index in [0.29, 0.717) is 0 Å². The summed E-state index contributed by atoms with van der Waals surface area (Å²) in [5, 5.41) is 3.32. The van der Waals surface area contributed by atoms with Crippen LogP contribution in [0.15, 0.2) is 0 Å². The van der Waals surface area contributed by atoms with Gasteiger partial charge in [-0.2, -0.15) is 0 Å². The van der Waals surface area contributed by atoms with E-state index >= 15 is 0 Å². The van der Waals surface area contributed by atoms with Crippen molar-refractivity contribution in [1.29, 1.82) is 0 Å². The first kappa shape index (κ1) is 12.8. The van der Waals surface area contributed by atoms with E-state index in [2.05, 4.69) is 12.2 Å². The van der Waals surface area contributed by atoms with Gasteiger partial charge in [0, 0.05) is 6.54 Å². The molecular formula is C11H22F2N2. The Morgan fingerprint density at radius 3 is 2.40 bits per heavy atom. The second kappa shape index (κ2) is 5.75. The molecule has 0 saturated carbocycles. The number of rotatable bonds is 5. The summed E-state index contributed by atoms with van der Waals surface area (Å²) in [5.41, 5.74) is 0.259. The number of nitrogens with zero attached hydrogens (tertiary/aromatic N) is 1. The van der Waals surface area contributed by atoms with Crippen LogP contribution in [0.2, 0.25) is 0 Å². The van der Waals surface area contributed by atoms with Crippen molar-refractivity contribution in [2.24, 2.45) is 5.41 Å². The normalized spacial score (nSPS) is 21.2. The van der Waals surface area contributed by atoms with E-state index in [1.807, 2.05) is 0 Å². The van der Waals surface area contributed by atoms with E-state index in [-0.39, 0.29) is 12.0 Å². The van der Waals surface area contributed by atoms with Crippen molar-refractivity contribution in [3.8, 4) is 0 Å². The molecule has 1 fully saturated rings. The van der Waals surface area contributed by atoms with Gasteiger partial charge in [-0.3, -0.25) is 0 Å². The minimum Gasteiger partial charge on any atom is -0.317 e. The van der Waals surface area contributed by atoms with Crippen molar-refractivity contribution in [2.45, 2.75) is 32.6 Å². The van der Waals surface area contributed by atoms with Crippen LogP contribution in [-0.2, 0) is 0 Å². The highest BCUT2D eigenvalue weighted by Crippen LogP contribution is 2.33. The Bertz CT molecular complexity index is 179. The van der Waals surface area contributed by atoms with Crippen molar-refractivity contribution in [1.82, 2.24) is 10.2 Å². The first-order chi connectivity index (χ1) is 7.08. The fraction of sp³-hybridized carbons (Fsp3) is 1.00. The maximum Gasteiger partial charge on any atom is 0.251 e. The highest BCUT2D eigenvalue weighted by molar-refractivity contribution is 4.85. The average molecular weight is 220 g/mol. The molecule has 1 aliphatic heterocycles. The Morgan fingerprint density at radius 1 is 1.33 bits per heavy atom. The first-order valence-electron chi connectivity index (χ1n) is 5.75. The van der Waals surface area contributed by atoms with E-state index in [1.165, 1.54) is 0 Å². The van der Waals surface area contributed by atoms with Gasteiger partial charge in [0.2, 0.25) is 0 Å². The van der Waals surface area contributed by atoms with Crippen LogP contribution in [0.5, 0.6) is 0 Å². The molecule has 0 aliphatic carbocycles. The van der Waals surface area contributed by atoms with Crippen molar-refractivity contribution < 1.29 is 8.78 Å². The summed E-state index contributed by atoms with van der Waals surface area (Å²) < 4.78 is 24.4. The molecule has 1 heterocycles. The molecule has 0 bridgehead atoms. The van der Waals surface area contributed by atoms with Crippen LogP contribution in [0.1, 0.15) is 26.2 Å². The van der Waals surface area contributed by atoms with Gasteiger partial charge in [0.15, 0.2) is 0 Å². The van der Waals surface area contributed by atoms with Crippen LogP contribution in [0.3, 0.4) is 0 Å². The SMILES string of the molecule is CCC1(CN(C)CC(F)F)CCNCC1. The van der Waals surface area contributed by atoms with Crippen molar-refractivity contribution in [2.75, 3.05) is 33.2 Å². The fourth-order valence-corrected chi connectivity index (χ4v) is 2.45. The number of piperidine rings is 1.